The number of unbranched alkanes of at least 4 members (excludes halogenated alkanes) is 5. The van der Waals surface area contributed by atoms with E-state index in [4.69, 9.17) is 14.2 Å². The molecule has 0 aromatic heterocycles. The summed E-state index contributed by atoms with van der Waals surface area (Å²) in [6.07, 6.45) is 48.7. The normalized spacial score (nSPS) is 13.1. The van der Waals surface area contributed by atoms with Gasteiger partial charge in [0.2, 0.25) is 0 Å². The Morgan fingerprint density at radius 2 is 0.780 bits per heavy atom. The first-order valence-corrected chi connectivity index (χ1v) is 19.2. The van der Waals surface area contributed by atoms with Crippen molar-refractivity contribution in [3.8, 4) is 0 Å². The van der Waals surface area contributed by atoms with Gasteiger partial charge in [0.15, 0.2) is 6.10 Å². The molecule has 0 aliphatic rings. The highest BCUT2D eigenvalue weighted by Crippen LogP contribution is 2.09. The minimum Gasteiger partial charge on any atom is -0.462 e. The van der Waals surface area contributed by atoms with Crippen LogP contribution in [0.25, 0.3) is 0 Å². The molecule has 0 amide bonds. The Hall–Kier alpha value is -3.67. The number of allylic oxidation sites excluding steroid dienone is 16. The molecule has 0 saturated heterocycles. The van der Waals surface area contributed by atoms with Crippen molar-refractivity contribution >= 4 is 17.9 Å². The van der Waals surface area contributed by atoms with E-state index >= 15 is 0 Å². The van der Waals surface area contributed by atoms with Crippen LogP contribution in [0.3, 0.4) is 0 Å². The summed E-state index contributed by atoms with van der Waals surface area (Å²) in [6.45, 7) is 6.16. The SMILES string of the molecule is CC/C=C\C/C=C\C/C=C\C/C=C\CCC(=O)OCC(COC(=O)CCCCCCCC)OC(=O)CC/C=C\C/C=C\C/C=C\C/C=C\CC. The lowest BCUT2D eigenvalue weighted by atomic mass is 10.1. The average Bonchev–Trinajstić information content (AvgIpc) is 3.11. The van der Waals surface area contributed by atoms with Crippen molar-refractivity contribution in [3.63, 3.8) is 0 Å². The van der Waals surface area contributed by atoms with E-state index in [2.05, 4.69) is 93.7 Å². The molecule has 0 heterocycles. The lowest BCUT2D eigenvalue weighted by Gasteiger charge is -2.18. The molecule has 1 atom stereocenters. The number of rotatable bonds is 32. The summed E-state index contributed by atoms with van der Waals surface area (Å²) >= 11 is 0. The van der Waals surface area contributed by atoms with Gasteiger partial charge >= 0.3 is 17.9 Å². The minimum atomic E-state index is -0.838. The van der Waals surface area contributed by atoms with Gasteiger partial charge in [-0.15, -0.1) is 0 Å². The summed E-state index contributed by atoms with van der Waals surface area (Å²) < 4.78 is 16.4. The second kappa shape index (κ2) is 38.1. The van der Waals surface area contributed by atoms with Gasteiger partial charge in [-0.3, -0.25) is 14.4 Å². The Morgan fingerprint density at radius 3 is 1.22 bits per heavy atom. The van der Waals surface area contributed by atoms with Gasteiger partial charge in [0.25, 0.3) is 0 Å². The fraction of sp³-hybridized carbons (Fsp3) is 0.568. The Morgan fingerprint density at radius 1 is 0.420 bits per heavy atom. The average molecular weight is 693 g/mol. The molecule has 0 aromatic carbocycles. The molecule has 0 aliphatic carbocycles. The molecule has 0 radical (unpaired) electrons. The Kier molecular flexibility index (Phi) is 35.3. The Balaban J connectivity index is 4.58. The van der Waals surface area contributed by atoms with Crippen molar-refractivity contribution in [2.45, 2.75) is 149 Å². The summed E-state index contributed by atoms with van der Waals surface area (Å²) in [7, 11) is 0. The Bertz CT molecular complexity index is 1070. The fourth-order valence-corrected chi connectivity index (χ4v) is 4.52. The van der Waals surface area contributed by atoms with Crippen LogP contribution in [-0.4, -0.2) is 37.2 Å². The zero-order valence-corrected chi connectivity index (χ0v) is 31.6. The molecule has 6 nitrogen and oxygen atoms in total. The molecule has 50 heavy (non-hydrogen) atoms. The summed E-state index contributed by atoms with van der Waals surface area (Å²) in [5.41, 5.74) is 0. The van der Waals surface area contributed by atoms with Gasteiger partial charge in [0, 0.05) is 19.3 Å². The number of carbonyl (C=O) groups excluding carboxylic acids is 3. The largest absolute Gasteiger partial charge is 0.462 e. The number of ether oxygens (including phenoxy) is 3. The fourth-order valence-electron chi connectivity index (χ4n) is 4.52. The van der Waals surface area contributed by atoms with Crippen LogP contribution in [-0.2, 0) is 28.6 Å². The van der Waals surface area contributed by atoms with E-state index in [1.165, 1.54) is 19.3 Å². The summed E-state index contributed by atoms with van der Waals surface area (Å²) in [5, 5.41) is 0. The van der Waals surface area contributed by atoms with Crippen LogP contribution in [0.4, 0.5) is 0 Å². The number of hydrogen-bond donors (Lipinski definition) is 0. The van der Waals surface area contributed by atoms with Crippen molar-refractivity contribution in [2.24, 2.45) is 0 Å². The first kappa shape index (κ1) is 46.3. The molecule has 0 fully saturated rings. The van der Waals surface area contributed by atoms with Crippen molar-refractivity contribution in [3.05, 3.63) is 97.2 Å². The van der Waals surface area contributed by atoms with Gasteiger partial charge in [0.05, 0.1) is 0 Å². The maximum absolute atomic E-state index is 12.6. The van der Waals surface area contributed by atoms with Crippen LogP contribution in [0.15, 0.2) is 97.2 Å². The summed E-state index contributed by atoms with van der Waals surface area (Å²) in [5.74, 6) is -1.13. The molecule has 280 valence electrons. The van der Waals surface area contributed by atoms with E-state index < -0.39 is 12.1 Å². The molecule has 0 N–H and O–H groups in total. The van der Waals surface area contributed by atoms with E-state index in [1.54, 1.807) is 0 Å². The molecule has 0 saturated carbocycles. The second-order valence-corrected chi connectivity index (χ2v) is 12.1. The van der Waals surface area contributed by atoms with E-state index in [0.29, 0.717) is 19.3 Å². The van der Waals surface area contributed by atoms with Gasteiger partial charge < -0.3 is 14.2 Å². The standard InChI is InChI=1S/C44H68O6/c1-4-7-10-13-16-18-20-22-24-26-28-31-34-37-43(46)49-40-41(39-48-42(45)36-33-30-15-12-9-6-3)50-44(47)38-35-32-29-27-25-23-21-19-17-14-11-8-5-2/h7-8,10-11,16-19,22-25,28-29,31-32,41H,4-6,9,12-15,20-21,26-27,30,33-40H2,1-3H3/b10-7-,11-8-,18-16-,19-17-,24-22-,25-23-,31-28-,32-29-. The first-order chi connectivity index (χ1) is 24.5. The van der Waals surface area contributed by atoms with Crippen LogP contribution < -0.4 is 0 Å². The molecule has 0 bridgehead atoms. The van der Waals surface area contributed by atoms with Crippen molar-refractivity contribution < 1.29 is 28.6 Å². The van der Waals surface area contributed by atoms with Gasteiger partial charge in [-0.1, -0.05) is 150 Å². The van der Waals surface area contributed by atoms with Gasteiger partial charge in [0.1, 0.15) is 13.2 Å². The third-order valence-corrected chi connectivity index (χ3v) is 7.36. The maximum Gasteiger partial charge on any atom is 0.306 e. The van der Waals surface area contributed by atoms with E-state index in [1.807, 2.05) is 24.3 Å². The zero-order chi connectivity index (χ0) is 36.6. The second-order valence-electron chi connectivity index (χ2n) is 12.1. The van der Waals surface area contributed by atoms with E-state index in [-0.39, 0.29) is 38.0 Å². The lowest BCUT2D eigenvalue weighted by Crippen LogP contribution is -2.30. The Labute approximate surface area is 305 Å². The van der Waals surface area contributed by atoms with Crippen molar-refractivity contribution in [1.82, 2.24) is 0 Å². The highest BCUT2D eigenvalue weighted by molar-refractivity contribution is 5.71. The van der Waals surface area contributed by atoms with Crippen molar-refractivity contribution in [1.29, 1.82) is 0 Å². The zero-order valence-electron chi connectivity index (χ0n) is 31.6. The van der Waals surface area contributed by atoms with Gasteiger partial charge in [-0.25, -0.2) is 0 Å². The third-order valence-electron chi connectivity index (χ3n) is 7.36. The quantitative estimate of drug-likeness (QED) is 0.0302. The smallest absolute Gasteiger partial charge is 0.306 e. The third kappa shape index (κ3) is 35.6. The monoisotopic (exact) mass is 693 g/mol. The molecule has 0 aromatic rings. The predicted octanol–water partition coefficient (Wildman–Crippen LogP) is 11.9. The van der Waals surface area contributed by atoms with Gasteiger partial charge in [-0.05, 0) is 70.6 Å². The number of carbonyl (C=O) groups is 3. The molecule has 0 spiro atoms. The molecule has 6 heteroatoms. The molecule has 1 unspecified atom stereocenters. The predicted molar refractivity (Wildman–Crippen MR) is 210 cm³/mol. The minimum absolute atomic E-state index is 0.130. The van der Waals surface area contributed by atoms with Crippen LogP contribution in [0.2, 0.25) is 0 Å². The molecule has 0 rings (SSSR count). The molecular formula is C44H68O6. The van der Waals surface area contributed by atoms with Crippen molar-refractivity contribution in [2.75, 3.05) is 13.2 Å². The van der Waals surface area contributed by atoms with Crippen LogP contribution in [0.1, 0.15) is 143 Å². The summed E-state index contributed by atoms with van der Waals surface area (Å²) in [4.78, 5) is 37.3. The summed E-state index contributed by atoms with van der Waals surface area (Å²) in [6, 6.07) is 0. The highest BCUT2D eigenvalue weighted by Gasteiger charge is 2.19. The first-order valence-electron chi connectivity index (χ1n) is 19.2. The van der Waals surface area contributed by atoms with E-state index in [9.17, 15) is 14.4 Å². The van der Waals surface area contributed by atoms with Crippen LogP contribution >= 0.6 is 0 Å². The highest BCUT2D eigenvalue weighted by atomic mass is 16.6. The molecular weight excluding hydrogens is 624 g/mol. The lowest BCUT2D eigenvalue weighted by molar-refractivity contribution is -0.166. The number of hydrogen-bond acceptors (Lipinski definition) is 6. The van der Waals surface area contributed by atoms with Crippen LogP contribution in [0.5, 0.6) is 0 Å². The molecule has 0 aliphatic heterocycles. The topological polar surface area (TPSA) is 78.9 Å². The maximum atomic E-state index is 12.6. The number of esters is 3. The van der Waals surface area contributed by atoms with Gasteiger partial charge in [-0.2, -0.15) is 0 Å². The van der Waals surface area contributed by atoms with E-state index in [0.717, 1.165) is 70.6 Å². The van der Waals surface area contributed by atoms with Crippen LogP contribution in [0, 0.1) is 0 Å².